The van der Waals surface area contributed by atoms with Crippen LogP contribution in [0.25, 0.3) is 10.8 Å². The lowest BCUT2D eigenvalue weighted by Gasteiger charge is -2.34. The van der Waals surface area contributed by atoms with E-state index >= 15 is 0 Å². The van der Waals surface area contributed by atoms with Crippen molar-refractivity contribution in [3.05, 3.63) is 58.4 Å². The van der Waals surface area contributed by atoms with E-state index in [1.54, 1.807) is 43.3 Å². The van der Waals surface area contributed by atoms with Crippen molar-refractivity contribution in [3.63, 3.8) is 0 Å². The molecule has 0 unspecified atom stereocenters. The molecular formula is C21H23N5O3S2. The highest BCUT2D eigenvalue weighted by Gasteiger charge is 2.32. The number of rotatable bonds is 4. The number of aryl methyl sites for hydroxylation is 3. The molecule has 4 rings (SSSR count). The number of carbonyl (C=O) groups excluding carboxylic acids is 1. The SMILES string of the molecule is Cc1ccc(C)c(S(=O)(=O)N2CCN(C(=O)c3sc(-c4ncccn4)nc3C)CC2)c1. The maximum atomic E-state index is 13.1. The fourth-order valence-corrected chi connectivity index (χ4v) is 6.21. The Morgan fingerprint density at radius 3 is 2.39 bits per heavy atom. The average molecular weight is 458 g/mol. The second kappa shape index (κ2) is 8.45. The van der Waals surface area contributed by atoms with Gasteiger partial charge in [0, 0.05) is 38.6 Å². The van der Waals surface area contributed by atoms with Gasteiger partial charge in [0.05, 0.1) is 10.6 Å². The van der Waals surface area contributed by atoms with E-state index in [1.165, 1.54) is 15.6 Å². The van der Waals surface area contributed by atoms with Crippen molar-refractivity contribution in [3.8, 4) is 10.8 Å². The van der Waals surface area contributed by atoms with Crippen molar-refractivity contribution >= 4 is 27.3 Å². The summed E-state index contributed by atoms with van der Waals surface area (Å²) >= 11 is 1.26. The highest BCUT2D eigenvalue weighted by Crippen LogP contribution is 2.27. The number of nitrogens with zero attached hydrogens (tertiary/aromatic N) is 5. The van der Waals surface area contributed by atoms with Gasteiger partial charge in [-0.3, -0.25) is 4.79 Å². The molecular weight excluding hydrogens is 434 g/mol. The quantitative estimate of drug-likeness (QED) is 0.598. The molecule has 0 N–H and O–H groups in total. The first kappa shape index (κ1) is 21.5. The van der Waals surface area contributed by atoms with E-state index < -0.39 is 10.0 Å². The first-order chi connectivity index (χ1) is 14.8. The Hall–Kier alpha value is -2.69. The molecule has 0 atom stereocenters. The Morgan fingerprint density at radius 2 is 1.71 bits per heavy atom. The number of sulfonamides is 1. The maximum Gasteiger partial charge on any atom is 0.265 e. The molecule has 8 nitrogen and oxygen atoms in total. The van der Waals surface area contributed by atoms with E-state index in [2.05, 4.69) is 15.0 Å². The minimum absolute atomic E-state index is 0.138. The summed E-state index contributed by atoms with van der Waals surface area (Å²) in [6, 6.07) is 7.15. The third-order valence-electron chi connectivity index (χ3n) is 5.24. The van der Waals surface area contributed by atoms with Gasteiger partial charge in [0.1, 0.15) is 4.88 Å². The number of hydrogen-bond acceptors (Lipinski definition) is 7. The molecule has 0 saturated carbocycles. The van der Waals surface area contributed by atoms with Crippen molar-refractivity contribution in [1.29, 1.82) is 0 Å². The number of hydrogen-bond donors (Lipinski definition) is 0. The summed E-state index contributed by atoms with van der Waals surface area (Å²) in [4.78, 5) is 28.5. The molecule has 1 amide bonds. The van der Waals surface area contributed by atoms with Gasteiger partial charge in [-0.2, -0.15) is 4.31 Å². The van der Waals surface area contributed by atoms with Gasteiger partial charge in [0.15, 0.2) is 10.8 Å². The lowest BCUT2D eigenvalue weighted by Crippen LogP contribution is -2.50. The Kier molecular flexibility index (Phi) is 5.87. The number of amides is 1. The maximum absolute atomic E-state index is 13.1. The van der Waals surface area contributed by atoms with Crippen LogP contribution in [-0.2, 0) is 10.0 Å². The molecule has 1 aliphatic rings. The molecule has 1 fully saturated rings. The Morgan fingerprint density at radius 1 is 1.03 bits per heavy atom. The van der Waals surface area contributed by atoms with E-state index in [0.29, 0.717) is 39.4 Å². The van der Waals surface area contributed by atoms with Crippen LogP contribution in [0.3, 0.4) is 0 Å². The van der Waals surface area contributed by atoms with Crippen LogP contribution in [0.15, 0.2) is 41.6 Å². The minimum atomic E-state index is -3.60. The van der Waals surface area contributed by atoms with Crippen molar-refractivity contribution in [1.82, 2.24) is 24.2 Å². The number of benzene rings is 1. The molecule has 3 aromatic rings. The molecule has 0 bridgehead atoms. The summed E-state index contributed by atoms with van der Waals surface area (Å²) in [5.74, 6) is 0.347. The van der Waals surface area contributed by atoms with E-state index in [0.717, 1.165) is 11.1 Å². The molecule has 0 spiro atoms. The summed E-state index contributed by atoms with van der Waals surface area (Å²) in [7, 11) is -3.60. The third kappa shape index (κ3) is 4.23. The summed E-state index contributed by atoms with van der Waals surface area (Å²) in [6.07, 6.45) is 3.27. The summed E-state index contributed by atoms with van der Waals surface area (Å²) in [6.45, 7) is 6.64. The lowest BCUT2D eigenvalue weighted by atomic mass is 10.2. The fraction of sp³-hybridized carbons (Fsp3) is 0.333. The highest BCUT2D eigenvalue weighted by atomic mass is 32.2. The zero-order valence-corrected chi connectivity index (χ0v) is 19.2. The molecule has 162 valence electrons. The molecule has 0 radical (unpaired) electrons. The van der Waals surface area contributed by atoms with Crippen LogP contribution in [0.4, 0.5) is 0 Å². The largest absolute Gasteiger partial charge is 0.335 e. The molecule has 1 aliphatic heterocycles. The molecule has 1 aromatic carbocycles. The van der Waals surface area contributed by atoms with Gasteiger partial charge in [-0.05, 0) is 44.0 Å². The lowest BCUT2D eigenvalue weighted by molar-refractivity contribution is 0.0702. The van der Waals surface area contributed by atoms with E-state index in [-0.39, 0.29) is 19.0 Å². The second-order valence-electron chi connectivity index (χ2n) is 7.47. The van der Waals surface area contributed by atoms with E-state index in [1.807, 2.05) is 19.1 Å². The molecule has 3 heterocycles. The predicted octanol–water partition coefficient (Wildman–Crippen LogP) is 2.67. The number of piperazine rings is 1. The smallest absolute Gasteiger partial charge is 0.265 e. The predicted molar refractivity (Wildman–Crippen MR) is 118 cm³/mol. The third-order valence-corrected chi connectivity index (χ3v) is 8.42. The van der Waals surface area contributed by atoms with Gasteiger partial charge < -0.3 is 4.90 Å². The summed E-state index contributed by atoms with van der Waals surface area (Å²) in [5.41, 5.74) is 2.25. The van der Waals surface area contributed by atoms with Gasteiger partial charge in [-0.1, -0.05) is 12.1 Å². The van der Waals surface area contributed by atoms with Crippen LogP contribution in [0.2, 0.25) is 0 Å². The molecule has 31 heavy (non-hydrogen) atoms. The number of thiazole rings is 1. The normalized spacial score (nSPS) is 15.3. The monoisotopic (exact) mass is 457 g/mol. The Labute approximate surface area is 185 Å². The second-order valence-corrected chi connectivity index (χ2v) is 10.4. The number of carbonyl (C=O) groups is 1. The van der Waals surface area contributed by atoms with Crippen LogP contribution in [-0.4, -0.2) is 64.7 Å². The molecule has 1 saturated heterocycles. The van der Waals surface area contributed by atoms with Crippen molar-refractivity contribution < 1.29 is 13.2 Å². The standard InChI is InChI=1S/C21H23N5O3S2/c1-14-5-6-15(2)17(13-14)31(28,29)26-11-9-25(10-12-26)21(27)18-16(3)24-20(30-18)19-22-7-4-8-23-19/h4-8,13H,9-12H2,1-3H3. The van der Waals surface area contributed by atoms with Gasteiger partial charge in [0.2, 0.25) is 10.0 Å². The molecule has 10 heteroatoms. The van der Waals surface area contributed by atoms with Crippen molar-refractivity contribution in [2.75, 3.05) is 26.2 Å². The Bertz CT molecular complexity index is 1220. The zero-order valence-electron chi connectivity index (χ0n) is 17.6. The van der Waals surface area contributed by atoms with E-state index in [9.17, 15) is 13.2 Å². The van der Waals surface area contributed by atoms with Crippen LogP contribution in [0, 0.1) is 20.8 Å². The molecule has 2 aromatic heterocycles. The van der Waals surface area contributed by atoms with Crippen molar-refractivity contribution in [2.24, 2.45) is 0 Å². The van der Waals surface area contributed by atoms with Gasteiger partial charge in [-0.25, -0.2) is 23.4 Å². The van der Waals surface area contributed by atoms with Gasteiger partial charge in [-0.15, -0.1) is 11.3 Å². The highest BCUT2D eigenvalue weighted by molar-refractivity contribution is 7.89. The zero-order chi connectivity index (χ0) is 22.2. The first-order valence-corrected chi connectivity index (χ1v) is 12.1. The Balaban J connectivity index is 1.48. The molecule has 0 aliphatic carbocycles. The minimum Gasteiger partial charge on any atom is -0.335 e. The fourth-order valence-electron chi connectivity index (χ4n) is 3.50. The average Bonchev–Trinajstić information content (AvgIpc) is 3.17. The summed E-state index contributed by atoms with van der Waals surface area (Å²) < 4.78 is 27.7. The summed E-state index contributed by atoms with van der Waals surface area (Å²) in [5, 5.41) is 0.595. The van der Waals surface area contributed by atoms with Crippen LogP contribution in [0.1, 0.15) is 26.5 Å². The van der Waals surface area contributed by atoms with Crippen molar-refractivity contribution in [2.45, 2.75) is 25.7 Å². The van der Waals surface area contributed by atoms with Gasteiger partial charge in [0.25, 0.3) is 5.91 Å². The first-order valence-electron chi connectivity index (χ1n) is 9.89. The van der Waals surface area contributed by atoms with Crippen LogP contribution < -0.4 is 0 Å². The number of aromatic nitrogens is 3. The van der Waals surface area contributed by atoms with Gasteiger partial charge >= 0.3 is 0 Å². The topological polar surface area (TPSA) is 96.4 Å². The van der Waals surface area contributed by atoms with Crippen LogP contribution in [0.5, 0.6) is 0 Å². The van der Waals surface area contributed by atoms with Crippen LogP contribution >= 0.6 is 11.3 Å². The van der Waals surface area contributed by atoms with E-state index in [4.69, 9.17) is 0 Å².